The van der Waals surface area contributed by atoms with Gasteiger partial charge in [-0.25, -0.2) is 0 Å². The number of piperazine rings is 1. The number of hydrogen-bond donors (Lipinski definition) is 1. The highest BCUT2D eigenvalue weighted by Gasteiger charge is 2.37. The molecule has 1 heterocycles. The topological polar surface area (TPSA) is 90.2 Å². The summed E-state index contributed by atoms with van der Waals surface area (Å²) in [6, 6.07) is 21.9. The molecule has 3 aromatic rings. The Labute approximate surface area is 255 Å². The van der Waals surface area contributed by atoms with Crippen molar-refractivity contribution in [1.82, 2.24) is 19.6 Å². The fourth-order valence-electron chi connectivity index (χ4n) is 5.44. The van der Waals surface area contributed by atoms with Crippen molar-refractivity contribution in [2.24, 2.45) is 5.73 Å². The van der Waals surface area contributed by atoms with Crippen LogP contribution in [0.25, 0.3) is 10.8 Å². The zero-order valence-electron chi connectivity index (χ0n) is 26.1. The highest BCUT2D eigenvalue weighted by atomic mass is 16.2. The third-order valence-electron chi connectivity index (χ3n) is 8.15. The molecule has 43 heavy (non-hydrogen) atoms. The molecule has 1 aliphatic rings. The highest BCUT2D eigenvalue weighted by molar-refractivity contribution is 5.95. The maximum Gasteiger partial charge on any atom is 0.250 e. The Morgan fingerprint density at radius 1 is 0.884 bits per heavy atom. The number of carbonyl (C=O) groups excluding carboxylic acids is 3. The Morgan fingerprint density at radius 3 is 2.16 bits per heavy atom. The first kappa shape index (κ1) is 31.9. The van der Waals surface area contributed by atoms with Gasteiger partial charge in [-0.05, 0) is 55.3 Å². The lowest BCUT2D eigenvalue weighted by Crippen LogP contribution is -2.54. The number of nitrogens with two attached hydrogens (primary N) is 1. The second kappa shape index (κ2) is 14.0. The molecule has 3 amide bonds. The molecule has 4 rings (SSSR count). The Kier molecular flexibility index (Phi) is 10.4. The number of amides is 3. The summed E-state index contributed by atoms with van der Waals surface area (Å²) in [5.41, 5.74) is 7.32. The van der Waals surface area contributed by atoms with Crippen LogP contribution in [0.1, 0.15) is 37.4 Å². The summed E-state index contributed by atoms with van der Waals surface area (Å²) in [6.45, 7) is 6.54. The fraction of sp³-hybridized carbons (Fsp3) is 0.400. The average Bonchev–Trinajstić information content (AvgIpc) is 2.99. The third-order valence-corrected chi connectivity index (χ3v) is 8.15. The van der Waals surface area contributed by atoms with Crippen LogP contribution in [0.4, 0.5) is 0 Å². The summed E-state index contributed by atoms with van der Waals surface area (Å²) < 4.78 is 0. The van der Waals surface area contributed by atoms with Crippen LogP contribution in [0.15, 0.2) is 84.9 Å². The molecule has 0 bridgehead atoms. The molecule has 8 heteroatoms. The molecular formula is C35H45N5O3. The second-order valence-electron chi connectivity index (χ2n) is 12.3. The Bertz CT molecular complexity index is 1440. The summed E-state index contributed by atoms with van der Waals surface area (Å²) in [4.78, 5) is 48.9. The van der Waals surface area contributed by atoms with Crippen molar-refractivity contribution < 1.29 is 14.4 Å². The van der Waals surface area contributed by atoms with E-state index in [0.29, 0.717) is 25.9 Å². The summed E-state index contributed by atoms with van der Waals surface area (Å²) in [5, 5.41) is 2.16. The maximum absolute atomic E-state index is 14.5. The molecule has 8 nitrogen and oxygen atoms in total. The first-order chi connectivity index (χ1) is 20.4. The smallest absolute Gasteiger partial charge is 0.250 e. The van der Waals surface area contributed by atoms with Gasteiger partial charge in [0.15, 0.2) is 0 Å². The molecule has 0 saturated carbocycles. The van der Waals surface area contributed by atoms with E-state index in [9.17, 15) is 14.4 Å². The van der Waals surface area contributed by atoms with Gasteiger partial charge < -0.3 is 25.3 Å². The van der Waals surface area contributed by atoms with E-state index in [1.165, 1.54) is 15.9 Å². The number of benzene rings is 3. The SMILES string of the molecule is CN1CCN(C(=O)C(c2ccccc2)N(C)C(=O)[C@@H](Cc2ccc3ccccc3c2)N(C)C(=O)/C=C/CC(C)(C)N)CC1. The first-order valence-corrected chi connectivity index (χ1v) is 14.9. The first-order valence-electron chi connectivity index (χ1n) is 14.9. The van der Waals surface area contributed by atoms with E-state index in [4.69, 9.17) is 5.73 Å². The summed E-state index contributed by atoms with van der Waals surface area (Å²) in [7, 11) is 5.36. The number of carbonyl (C=O) groups is 3. The van der Waals surface area contributed by atoms with Gasteiger partial charge in [-0.15, -0.1) is 0 Å². The molecule has 2 atom stereocenters. The third kappa shape index (κ3) is 8.30. The standard InChI is InChI=1S/C35H45N5O3/c1-35(2,36)19-11-16-31(41)38(4)30(25-26-17-18-27-12-9-10-15-29(27)24-26)33(42)39(5)32(28-13-7-6-8-14-28)34(43)40-22-20-37(3)21-23-40/h6-18,24,30,32H,19-23,25,36H2,1-5H3/b16-11+/t30-,32?/m1/s1. The van der Waals surface area contributed by atoms with Gasteiger partial charge in [-0.1, -0.05) is 78.9 Å². The largest absolute Gasteiger partial charge is 0.338 e. The van der Waals surface area contributed by atoms with Crippen LogP contribution in [0, 0.1) is 0 Å². The molecule has 1 fully saturated rings. The van der Waals surface area contributed by atoms with Crippen molar-refractivity contribution in [3.8, 4) is 0 Å². The molecule has 1 unspecified atom stereocenters. The van der Waals surface area contributed by atoms with Crippen molar-refractivity contribution in [2.75, 3.05) is 47.3 Å². The summed E-state index contributed by atoms with van der Waals surface area (Å²) in [6.07, 6.45) is 4.06. The monoisotopic (exact) mass is 583 g/mol. The number of rotatable bonds is 10. The molecule has 228 valence electrons. The number of nitrogens with zero attached hydrogens (tertiary/aromatic N) is 4. The average molecular weight is 584 g/mol. The van der Waals surface area contributed by atoms with Crippen molar-refractivity contribution in [3.05, 3.63) is 96.1 Å². The van der Waals surface area contributed by atoms with E-state index in [1.807, 2.05) is 92.5 Å². The van der Waals surface area contributed by atoms with E-state index in [-0.39, 0.29) is 17.7 Å². The van der Waals surface area contributed by atoms with E-state index in [0.717, 1.165) is 35.0 Å². The summed E-state index contributed by atoms with van der Waals surface area (Å²) >= 11 is 0. The number of hydrogen-bond acceptors (Lipinski definition) is 5. The molecule has 0 aromatic heterocycles. The van der Waals surface area contributed by atoms with Gasteiger partial charge in [0.05, 0.1) is 0 Å². The predicted molar refractivity (Wildman–Crippen MR) is 172 cm³/mol. The molecule has 1 saturated heterocycles. The van der Waals surface area contributed by atoms with E-state index in [1.54, 1.807) is 20.2 Å². The lowest BCUT2D eigenvalue weighted by molar-refractivity contribution is -0.150. The van der Waals surface area contributed by atoms with E-state index in [2.05, 4.69) is 11.0 Å². The van der Waals surface area contributed by atoms with Crippen LogP contribution in [-0.4, -0.2) is 96.2 Å². The second-order valence-corrected chi connectivity index (χ2v) is 12.3. The van der Waals surface area contributed by atoms with E-state index < -0.39 is 17.6 Å². The van der Waals surface area contributed by atoms with Crippen molar-refractivity contribution >= 4 is 28.5 Å². The zero-order valence-corrected chi connectivity index (χ0v) is 26.1. The van der Waals surface area contributed by atoms with Gasteiger partial charge in [0.1, 0.15) is 12.1 Å². The van der Waals surface area contributed by atoms with Crippen LogP contribution >= 0.6 is 0 Å². The molecule has 0 spiro atoms. The molecule has 2 N–H and O–H groups in total. The molecule has 0 radical (unpaired) electrons. The minimum atomic E-state index is -0.833. The number of likely N-dealkylation sites (N-methyl/N-ethyl adjacent to an activating group) is 3. The van der Waals surface area contributed by atoms with Gasteiger partial charge >= 0.3 is 0 Å². The van der Waals surface area contributed by atoms with Crippen molar-refractivity contribution in [1.29, 1.82) is 0 Å². The predicted octanol–water partition coefficient (Wildman–Crippen LogP) is 3.87. The Hall–Kier alpha value is -4.01. The van der Waals surface area contributed by atoms with Crippen LogP contribution in [-0.2, 0) is 20.8 Å². The van der Waals surface area contributed by atoms with E-state index >= 15 is 0 Å². The van der Waals surface area contributed by atoms with Crippen LogP contribution in [0.2, 0.25) is 0 Å². The summed E-state index contributed by atoms with van der Waals surface area (Å²) in [5.74, 6) is -0.704. The van der Waals surface area contributed by atoms with Gasteiger partial charge in [0.25, 0.3) is 0 Å². The van der Waals surface area contributed by atoms with Crippen molar-refractivity contribution in [3.63, 3.8) is 0 Å². The number of fused-ring (bicyclic) bond motifs is 1. The van der Waals surface area contributed by atoms with Crippen molar-refractivity contribution in [2.45, 2.75) is 44.3 Å². The van der Waals surface area contributed by atoms with Gasteiger partial charge in [-0.3, -0.25) is 14.4 Å². The molecular weight excluding hydrogens is 538 g/mol. The molecule has 1 aliphatic heterocycles. The van der Waals surface area contributed by atoms with Gasteiger partial charge in [-0.2, -0.15) is 0 Å². The fourth-order valence-corrected chi connectivity index (χ4v) is 5.44. The minimum Gasteiger partial charge on any atom is -0.338 e. The highest BCUT2D eigenvalue weighted by Crippen LogP contribution is 2.26. The maximum atomic E-state index is 14.5. The zero-order chi connectivity index (χ0) is 31.1. The Balaban J connectivity index is 1.67. The molecule has 0 aliphatic carbocycles. The molecule has 3 aromatic carbocycles. The normalized spacial score (nSPS) is 15.8. The lowest BCUT2D eigenvalue weighted by Gasteiger charge is -2.39. The minimum absolute atomic E-state index is 0.112. The van der Waals surface area contributed by atoms with Gasteiger partial charge in [0.2, 0.25) is 17.7 Å². The van der Waals surface area contributed by atoms with Gasteiger partial charge in [0, 0.05) is 52.2 Å². The van der Waals surface area contributed by atoms with Crippen LogP contribution < -0.4 is 5.73 Å². The van der Waals surface area contributed by atoms with Crippen LogP contribution in [0.3, 0.4) is 0 Å². The quantitative estimate of drug-likeness (QED) is 0.366. The Morgan fingerprint density at radius 2 is 1.51 bits per heavy atom. The lowest BCUT2D eigenvalue weighted by atomic mass is 9.98. The van der Waals surface area contributed by atoms with Crippen LogP contribution in [0.5, 0.6) is 0 Å².